The highest BCUT2D eigenvalue weighted by atomic mass is 32.2. The number of carbonyl (C=O) groups excluding carboxylic acids is 1. The molecule has 134 valence electrons. The second-order valence-electron chi connectivity index (χ2n) is 5.28. The number of rotatable bonds is 4. The molecule has 0 fully saturated rings. The summed E-state index contributed by atoms with van der Waals surface area (Å²) < 4.78 is 74.4. The Hall–Kier alpha value is -2.42. The number of hydrogen-bond acceptors (Lipinski definition) is 3. The molecule has 0 heterocycles. The van der Waals surface area contributed by atoms with Gasteiger partial charge in [0, 0.05) is 18.4 Å². The molecule has 9 heteroatoms. The number of sulfone groups is 1. The van der Waals surface area contributed by atoms with Crippen molar-refractivity contribution in [1.82, 2.24) is 5.32 Å². The van der Waals surface area contributed by atoms with Crippen molar-refractivity contribution in [3.05, 3.63) is 65.0 Å². The molecule has 1 amide bonds. The Balaban J connectivity index is 2.15. The maximum atomic E-state index is 13.0. The average molecular weight is 375 g/mol. The van der Waals surface area contributed by atoms with Crippen LogP contribution in [0.3, 0.4) is 0 Å². The predicted octanol–water partition coefficient (Wildman–Crippen LogP) is 3.18. The first kappa shape index (κ1) is 18.9. The van der Waals surface area contributed by atoms with E-state index in [0.29, 0.717) is 6.07 Å². The Morgan fingerprint density at radius 2 is 1.68 bits per heavy atom. The van der Waals surface area contributed by atoms with Crippen LogP contribution in [0.4, 0.5) is 17.6 Å². The van der Waals surface area contributed by atoms with Crippen LogP contribution in [-0.2, 0) is 22.6 Å². The van der Waals surface area contributed by atoms with E-state index in [2.05, 4.69) is 5.32 Å². The van der Waals surface area contributed by atoms with Crippen molar-refractivity contribution in [1.29, 1.82) is 0 Å². The van der Waals surface area contributed by atoms with Crippen LogP contribution in [-0.4, -0.2) is 20.6 Å². The van der Waals surface area contributed by atoms with E-state index in [1.807, 2.05) is 0 Å². The number of benzene rings is 2. The summed E-state index contributed by atoms with van der Waals surface area (Å²) in [6.45, 7) is -0.457. The number of alkyl halides is 3. The van der Waals surface area contributed by atoms with Crippen molar-refractivity contribution in [3.8, 4) is 0 Å². The van der Waals surface area contributed by atoms with Gasteiger partial charge in [0.25, 0.3) is 5.91 Å². The Kier molecular flexibility index (Phi) is 5.17. The fraction of sp³-hybridized carbons (Fsp3) is 0.188. The Morgan fingerprint density at radius 3 is 2.20 bits per heavy atom. The lowest BCUT2D eigenvalue weighted by Crippen LogP contribution is -2.24. The van der Waals surface area contributed by atoms with Gasteiger partial charge in [0.05, 0.1) is 10.5 Å². The number of hydrogen-bond donors (Lipinski definition) is 1. The second kappa shape index (κ2) is 6.83. The van der Waals surface area contributed by atoms with Gasteiger partial charge in [0.15, 0.2) is 9.84 Å². The molecule has 0 saturated carbocycles. The smallest absolute Gasteiger partial charge is 0.348 e. The van der Waals surface area contributed by atoms with E-state index in [0.717, 1.165) is 18.4 Å². The zero-order valence-electron chi connectivity index (χ0n) is 12.9. The molecule has 2 aromatic rings. The third kappa shape index (κ3) is 4.79. The molecule has 25 heavy (non-hydrogen) atoms. The van der Waals surface area contributed by atoms with Crippen molar-refractivity contribution >= 4 is 15.7 Å². The van der Waals surface area contributed by atoms with Gasteiger partial charge >= 0.3 is 6.18 Å². The van der Waals surface area contributed by atoms with Crippen molar-refractivity contribution in [3.63, 3.8) is 0 Å². The summed E-state index contributed by atoms with van der Waals surface area (Å²) in [5, 5.41) is 2.29. The normalized spacial score (nSPS) is 12.0. The van der Waals surface area contributed by atoms with Crippen LogP contribution >= 0.6 is 0 Å². The topological polar surface area (TPSA) is 63.2 Å². The lowest BCUT2D eigenvalue weighted by atomic mass is 10.1. The van der Waals surface area contributed by atoms with Gasteiger partial charge in [-0.25, -0.2) is 12.8 Å². The van der Waals surface area contributed by atoms with Crippen LogP contribution in [0.1, 0.15) is 21.5 Å². The Morgan fingerprint density at radius 1 is 1.08 bits per heavy atom. The summed E-state index contributed by atoms with van der Waals surface area (Å²) in [6.07, 6.45) is -3.74. The number of carbonyl (C=O) groups is 1. The molecule has 0 bridgehead atoms. The van der Waals surface area contributed by atoms with Gasteiger partial charge in [0.1, 0.15) is 5.82 Å². The number of amides is 1. The molecule has 0 atom stereocenters. The fourth-order valence-corrected chi connectivity index (χ4v) is 2.73. The highest BCUT2D eigenvalue weighted by molar-refractivity contribution is 7.90. The first-order valence-electron chi connectivity index (χ1n) is 6.92. The van der Waals surface area contributed by atoms with E-state index in [1.54, 1.807) is 0 Å². The Labute approximate surface area is 141 Å². The van der Waals surface area contributed by atoms with Crippen LogP contribution in [0, 0.1) is 5.82 Å². The van der Waals surface area contributed by atoms with Gasteiger partial charge in [-0.2, -0.15) is 13.2 Å². The van der Waals surface area contributed by atoms with Gasteiger partial charge in [-0.1, -0.05) is 6.07 Å². The highest BCUT2D eigenvalue weighted by Gasteiger charge is 2.33. The van der Waals surface area contributed by atoms with Gasteiger partial charge in [-0.15, -0.1) is 0 Å². The molecule has 0 saturated heterocycles. The number of nitrogens with one attached hydrogen (secondary N) is 1. The molecule has 0 aliphatic carbocycles. The number of halogens is 4. The SMILES string of the molecule is CS(=O)(=O)c1ccc(C(=O)NCc2ccc(F)cc2C(F)(F)F)cc1. The summed E-state index contributed by atoms with van der Waals surface area (Å²) in [5.74, 6) is -1.71. The predicted molar refractivity (Wildman–Crippen MR) is 82.1 cm³/mol. The van der Waals surface area contributed by atoms with Crippen molar-refractivity contribution < 1.29 is 30.8 Å². The molecule has 1 N–H and O–H groups in total. The van der Waals surface area contributed by atoms with Crippen LogP contribution in [0.25, 0.3) is 0 Å². The van der Waals surface area contributed by atoms with Crippen LogP contribution < -0.4 is 5.32 Å². The van der Waals surface area contributed by atoms with Crippen LogP contribution in [0.2, 0.25) is 0 Å². The molecular weight excluding hydrogens is 362 g/mol. The summed E-state index contributed by atoms with van der Waals surface area (Å²) >= 11 is 0. The molecule has 0 unspecified atom stereocenters. The zero-order valence-corrected chi connectivity index (χ0v) is 13.7. The second-order valence-corrected chi connectivity index (χ2v) is 7.29. The highest BCUT2D eigenvalue weighted by Crippen LogP contribution is 2.32. The van der Waals surface area contributed by atoms with Crippen molar-refractivity contribution in [2.75, 3.05) is 6.26 Å². The third-order valence-corrected chi connectivity index (χ3v) is 4.49. The summed E-state index contributed by atoms with van der Waals surface area (Å²) in [6, 6.07) is 7.14. The molecule has 0 aliphatic heterocycles. The van der Waals surface area contributed by atoms with Crippen LogP contribution in [0.15, 0.2) is 47.4 Å². The van der Waals surface area contributed by atoms with E-state index < -0.39 is 39.8 Å². The quantitative estimate of drug-likeness (QED) is 0.835. The standard InChI is InChI=1S/C16H13F4NO3S/c1-25(23,24)13-6-3-10(4-7-13)15(22)21-9-11-2-5-12(17)8-14(11)16(18,19)20/h2-8H,9H2,1H3,(H,21,22). The lowest BCUT2D eigenvalue weighted by molar-refractivity contribution is -0.138. The molecule has 0 aromatic heterocycles. The van der Waals surface area contributed by atoms with Crippen molar-refractivity contribution in [2.45, 2.75) is 17.6 Å². The minimum atomic E-state index is -4.75. The van der Waals surface area contributed by atoms with Gasteiger partial charge in [0.2, 0.25) is 0 Å². The summed E-state index contributed by atoms with van der Waals surface area (Å²) in [5.41, 5.74) is -1.36. The zero-order chi connectivity index (χ0) is 18.8. The van der Waals surface area contributed by atoms with E-state index >= 15 is 0 Å². The summed E-state index contributed by atoms with van der Waals surface area (Å²) in [7, 11) is -3.42. The van der Waals surface area contributed by atoms with E-state index in [-0.39, 0.29) is 16.0 Å². The van der Waals surface area contributed by atoms with Gasteiger partial charge in [-0.3, -0.25) is 4.79 Å². The molecule has 4 nitrogen and oxygen atoms in total. The fourth-order valence-electron chi connectivity index (χ4n) is 2.10. The summed E-state index contributed by atoms with van der Waals surface area (Å²) in [4.78, 5) is 12.0. The van der Waals surface area contributed by atoms with Gasteiger partial charge < -0.3 is 5.32 Å². The first-order chi connectivity index (χ1) is 11.5. The van der Waals surface area contributed by atoms with Crippen molar-refractivity contribution in [2.24, 2.45) is 0 Å². The minimum absolute atomic E-state index is 0.0157. The molecule has 0 radical (unpaired) electrons. The monoisotopic (exact) mass is 375 g/mol. The average Bonchev–Trinajstić information content (AvgIpc) is 2.51. The largest absolute Gasteiger partial charge is 0.416 e. The van der Waals surface area contributed by atoms with E-state index in [9.17, 15) is 30.8 Å². The Bertz CT molecular complexity index is 891. The van der Waals surface area contributed by atoms with E-state index in [4.69, 9.17) is 0 Å². The third-order valence-electron chi connectivity index (χ3n) is 3.36. The maximum absolute atomic E-state index is 13.0. The van der Waals surface area contributed by atoms with Gasteiger partial charge in [-0.05, 0) is 42.0 Å². The maximum Gasteiger partial charge on any atom is 0.416 e. The molecule has 2 rings (SSSR count). The van der Waals surface area contributed by atoms with E-state index in [1.165, 1.54) is 24.3 Å². The molecule has 2 aromatic carbocycles. The molecule has 0 aliphatic rings. The molecular formula is C16H13F4NO3S. The molecule has 0 spiro atoms. The lowest BCUT2D eigenvalue weighted by Gasteiger charge is -2.13. The van der Waals surface area contributed by atoms with Crippen LogP contribution in [0.5, 0.6) is 0 Å². The minimum Gasteiger partial charge on any atom is -0.348 e. The first-order valence-corrected chi connectivity index (χ1v) is 8.81.